The van der Waals surface area contributed by atoms with Gasteiger partial charge in [0.25, 0.3) is 0 Å². The molecule has 108 valence electrons. The Hall–Kier alpha value is -2.08. The van der Waals surface area contributed by atoms with Gasteiger partial charge in [-0.1, -0.05) is 11.8 Å². The van der Waals surface area contributed by atoms with Gasteiger partial charge in [0.1, 0.15) is 31.1 Å². The van der Waals surface area contributed by atoms with Crippen molar-refractivity contribution in [2.45, 2.75) is 9.79 Å². The van der Waals surface area contributed by atoms with Gasteiger partial charge >= 0.3 is 0 Å². The molecule has 0 aromatic heterocycles. The van der Waals surface area contributed by atoms with E-state index in [0.29, 0.717) is 35.9 Å². The van der Waals surface area contributed by atoms with Crippen molar-refractivity contribution in [1.29, 1.82) is 0 Å². The van der Waals surface area contributed by atoms with Crippen LogP contribution in [0, 0.1) is 11.6 Å². The number of aldehydes is 1. The summed E-state index contributed by atoms with van der Waals surface area (Å²) in [5.74, 6) is -0.367. The molecule has 0 bridgehead atoms. The van der Waals surface area contributed by atoms with Gasteiger partial charge in [0.15, 0.2) is 11.5 Å². The molecule has 0 spiro atoms. The number of halogens is 2. The summed E-state index contributed by atoms with van der Waals surface area (Å²) in [5.41, 5.74) is -0.0310. The maximum absolute atomic E-state index is 13.8. The summed E-state index contributed by atoms with van der Waals surface area (Å²) < 4.78 is 38.5. The summed E-state index contributed by atoms with van der Waals surface area (Å²) >= 11 is 0.931. The van der Waals surface area contributed by atoms with Crippen LogP contribution >= 0.6 is 11.8 Å². The van der Waals surface area contributed by atoms with E-state index in [2.05, 4.69) is 0 Å². The maximum atomic E-state index is 13.8. The average Bonchev–Trinajstić information content (AvgIpc) is 2.50. The van der Waals surface area contributed by atoms with Crippen molar-refractivity contribution in [3.8, 4) is 11.5 Å². The van der Waals surface area contributed by atoms with Crippen LogP contribution in [0.1, 0.15) is 10.4 Å². The molecule has 0 radical (unpaired) electrons. The Morgan fingerprint density at radius 3 is 2.33 bits per heavy atom. The van der Waals surface area contributed by atoms with Gasteiger partial charge in [0.05, 0.1) is 4.90 Å². The van der Waals surface area contributed by atoms with E-state index in [4.69, 9.17) is 9.47 Å². The zero-order valence-corrected chi connectivity index (χ0v) is 11.6. The lowest BCUT2D eigenvalue weighted by Crippen LogP contribution is -2.15. The molecule has 2 aromatic carbocycles. The van der Waals surface area contributed by atoms with Crippen molar-refractivity contribution in [1.82, 2.24) is 0 Å². The fraction of sp³-hybridized carbons (Fsp3) is 0.133. The molecular weight excluding hydrogens is 298 g/mol. The largest absolute Gasteiger partial charge is 0.486 e. The number of benzene rings is 2. The molecule has 0 saturated heterocycles. The molecule has 0 aliphatic carbocycles. The minimum Gasteiger partial charge on any atom is -0.486 e. The molecule has 6 heteroatoms. The Labute approximate surface area is 123 Å². The third-order valence-electron chi connectivity index (χ3n) is 2.89. The van der Waals surface area contributed by atoms with Gasteiger partial charge in [0, 0.05) is 10.5 Å². The fourth-order valence-electron chi connectivity index (χ4n) is 1.95. The highest BCUT2D eigenvalue weighted by molar-refractivity contribution is 7.99. The molecule has 3 rings (SSSR count). The lowest BCUT2D eigenvalue weighted by molar-refractivity contribution is 0.112. The van der Waals surface area contributed by atoms with E-state index in [1.54, 1.807) is 18.2 Å². The second-order valence-electron chi connectivity index (χ2n) is 4.34. The third-order valence-corrected chi connectivity index (χ3v) is 3.97. The molecular formula is C15H10F2O3S. The first-order valence-electron chi connectivity index (χ1n) is 6.19. The smallest absolute Gasteiger partial charge is 0.162 e. The molecule has 0 N–H and O–H groups in total. The van der Waals surface area contributed by atoms with Crippen LogP contribution in [0.2, 0.25) is 0 Å². The van der Waals surface area contributed by atoms with Crippen molar-refractivity contribution in [3.05, 3.63) is 47.5 Å². The molecule has 0 atom stereocenters. The molecule has 1 aliphatic rings. The van der Waals surface area contributed by atoms with Crippen LogP contribution in [0.3, 0.4) is 0 Å². The highest BCUT2D eigenvalue weighted by Crippen LogP contribution is 2.38. The van der Waals surface area contributed by atoms with Gasteiger partial charge in [-0.15, -0.1) is 0 Å². The monoisotopic (exact) mass is 308 g/mol. The lowest BCUT2D eigenvalue weighted by atomic mass is 10.2. The summed E-state index contributed by atoms with van der Waals surface area (Å²) in [5, 5.41) is 0. The number of hydrogen-bond acceptors (Lipinski definition) is 4. The van der Waals surface area contributed by atoms with E-state index < -0.39 is 11.6 Å². The minimum absolute atomic E-state index is 0.0310. The minimum atomic E-state index is -0.767. The Kier molecular flexibility index (Phi) is 3.79. The van der Waals surface area contributed by atoms with Gasteiger partial charge < -0.3 is 9.47 Å². The molecule has 0 saturated carbocycles. The molecule has 0 unspecified atom stereocenters. The van der Waals surface area contributed by atoms with E-state index in [0.717, 1.165) is 23.9 Å². The molecule has 1 aliphatic heterocycles. The van der Waals surface area contributed by atoms with Crippen molar-refractivity contribution in [3.63, 3.8) is 0 Å². The fourth-order valence-corrected chi connectivity index (χ4v) is 2.80. The summed E-state index contributed by atoms with van der Waals surface area (Å²) in [6.07, 6.45) is 0.407. The Morgan fingerprint density at radius 2 is 1.67 bits per heavy atom. The van der Waals surface area contributed by atoms with Crippen LogP contribution in [0.25, 0.3) is 0 Å². The van der Waals surface area contributed by atoms with Crippen molar-refractivity contribution in [2.24, 2.45) is 0 Å². The Balaban J connectivity index is 1.92. The van der Waals surface area contributed by atoms with Gasteiger partial charge in [-0.05, 0) is 30.3 Å². The Morgan fingerprint density at radius 1 is 1.00 bits per heavy atom. The molecule has 1 heterocycles. The number of hydrogen-bond donors (Lipinski definition) is 0. The highest BCUT2D eigenvalue weighted by atomic mass is 32.2. The summed E-state index contributed by atoms with van der Waals surface area (Å²) in [6.45, 7) is 0.924. The zero-order valence-electron chi connectivity index (χ0n) is 10.8. The molecule has 21 heavy (non-hydrogen) atoms. The van der Waals surface area contributed by atoms with Gasteiger partial charge in [-0.25, -0.2) is 8.78 Å². The normalized spacial score (nSPS) is 13.0. The number of ether oxygens (including phenoxy) is 2. The van der Waals surface area contributed by atoms with E-state index in [1.807, 2.05) is 0 Å². The summed E-state index contributed by atoms with van der Waals surface area (Å²) in [4.78, 5) is 11.0. The SMILES string of the molecule is O=Cc1cc(F)c(Sc2ccc3c(c2)OCCO3)c(F)c1. The third kappa shape index (κ3) is 2.85. The van der Waals surface area contributed by atoms with Gasteiger partial charge in [0.2, 0.25) is 0 Å². The van der Waals surface area contributed by atoms with E-state index in [9.17, 15) is 13.6 Å². The van der Waals surface area contributed by atoms with Crippen molar-refractivity contribution >= 4 is 18.0 Å². The van der Waals surface area contributed by atoms with E-state index >= 15 is 0 Å². The molecule has 0 amide bonds. The second kappa shape index (κ2) is 5.73. The van der Waals surface area contributed by atoms with E-state index in [1.165, 1.54) is 0 Å². The van der Waals surface area contributed by atoms with Crippen LogP contribution in [0.15, 0.2) is 40.1 Å². The Bertz CT molecular complexity index is 680. The predicted molar refractivity (Wildman–Crippen MR) is 73.3 cm³/mol. The molecule has 0 fully saturated rings. The topological polar surface area (TPSA) is 35.5 Å². The van der Waals surface area contributed by atoms with Gasteiger partial charge in [-0.3, -0.25) is 4.79 Å². The van der Waals surface area contributed by atoms with Crippen LogP contribution in [0.4, 0.5) is 8.78 Å². The lowest BCUT2D eigenvalue weighted by Gasteiger charge is -2.18. The standard InChI is InChI=1S/C15H10F2O3S/c16-11-5-9(8-18)6-12(17)15(11)21-10-1-2-13-14(7-10)20-4-3-19-13/h1-2,5-8H,3-4H2. The quantitative estimate of drug-likeness (QED) is 0.810. The maximum Gasteiger partial charge on any atom is 0.162 e. The summed E-state index contributed by atoms with van der Waals surface area (Å²) in [7, 11) is 0. The van der Waals surface area contributed by atoms with Crippen molar-refractivity contribution < 1.29 is 23.0 Å². The molecule has 3 nitrogen and oxygen atoms in total. The first kappa shape index (κ1) is 13.9. The first-order chi connectivity index (χ1) is 10.2. The first-order valence-corrected chi connectivity index (χ1v) is 7.01. The number of carbonyl (C=O) groups excluding carboxylic acids is 1. The zero-order chi connectivity index (χ0) is 14.8. The summed E-state index contributed by atoms with van der Waals surface area (Å²) in [6, 6.07) is 7.09. The van der Waals surface area contributed by atoms with E-state index in [-0.39, 0.29) is 10.5 Å². The van der Waals surface area contributed by atoms with Crippen LogP contribution < -0.4 is 9.47 Å². The number of rotatable bonds is 3. The highest BCUT2D eigenvalue weighted by Gasteiger charge is 2.16. The number of fused-ring (bicyclic) bond motifs is 1. The predicted octanol–water partition coefficient (Wildman–Crippen LogP) is 3.70. The average molecular weight is 308 g/mol. The van der Waals surface area contributed by atoms with Crippen LogP contribution in [0.5, 0.6) is 11.5 Å². The van der Waals surface area contributed by atoms with Crippen molar-refractivity contribution in [2.75, 3.05) is 13.2 Å². The second-order valence-corrected chi connectivity index (χ2v) is 5.42. The van der Waals surface area contributed by atoms with Crippen LogP contribution in [-0.4, -0.2) is 19.5 Å². The van der Waals surface area contributed by atoms with Gasteiger partial charge in [-0.2, -0.15) is 0 Å². The van der Waals surface area contributed by atoms with Crippen LogP contribution in [-0.2, 0) is 0 Å². The number of carbonyl (C=O) groups is 1. The molecule has 2 aromatic rings.